The van der Waals surface area contributed by atoms with Crippen molar-refractivity contribution in [3.8, 4) is 0 Å². The maximum absolute atomic E-state index is 2.67. The van der Waals surface area contributed by atoms with Crippen LogP contribution in [0.1, 0.15) is 27.7 Å². The van der Waals surface area contributed by atoms with E-state index in [4.69, 9.17) is 0 Å². The first-order valence-electron chi connectivity index (χ1n) is 6.06. The molecule has 0 aliphatic carbocycles. The lowest BCUT2D eigenvalue weighted by molar-refractivity contribution is -0.0527. The summed E-state index contributed by atoms with van der Waals surface area (Å²) in [7, 11) is 0. The zero-order valence-electron chi connectivity index (χ0n) is 10.0. The summed E-state index contributed by atoms with van der Waals surface area (Å²) in [6, 6.07) is 1.63. The van der Waals surface area contributed by atoms with Gasteiger partial charge in [-0.15, -0.1) is 0 Å². The molecule has 2 heteroatoms. The minimum absolute atomic E-state index is 0.744. The van der Waals surface area contributed by atoms with Gasteiger partial charge in [0, 0.05) is 38.3 Å². The maximum Gasteiger partial charge on any atom is 0.0350 e. The smallest absolute Gasteiger partial charge is 0.0350 e. The van der Waals surface area contributed by atoms with Gasteiger partial charge < -0.3 is 0 Å². The second kappa shape index (κ2) is 3.82. The molecule has 2 aliphatic rings. The Balaban J connectivity index is 1.66. The first-order valence-corrected chi connectivity index (χ1v) is 6.06. The quantitative estimate of drug-likeness (QED) is 0.677. The van der Waals surface area contributed by atoms with Crippen molar-refractivity contribution in [3.05, 3.63) is 0 Å². The molecule has 0 aromatic heterocycles. The molecule has 14 heavy (non-hydrogen) atoms. The largest absolute Gasteiger partial charge is 0.298 e. The summed E-state index contributed by atoms with van der Waals surface area (Å²) in [6.07, 6.45) is 0. The second-order valence-corrected chi connectivity index (χ2v) is 5.66. The number of hydrogen-bond donors (Lipinski definition) is 0. The van der Waals surface area contributed by atoms with Gasteiger partial charge in [0.1, 0.15) is 0 Å². The van der Waals surface area contributed by atoms with Gasteiger partial charge in [0.25, 0.3) is 0 Å². The van der Waals surface area contributed by atoms with E-state index >= 15 is 0 Å². The Morgan fingerprint density at radius 1 is 0.929 bits per heavy atom. The topological polar surface area (TPSA) is 6.48 Å². The van der Waals surface area contributed by atoms with E-state index in [0.717, 1.165) is 23.9 Å². The second-order valence-electron chi connectivity index (χ2n) is 5.66. The molecule has 2 aliphatic heterocycles. The highest BCUT2D eigenvalue weighted by Crippen LogP contribution is 2.29. The van der Waals surface area contributed by atoms with E-state index in [-0.39, 0.29) is 0 Å². The van der Waals surface area contributed by atoms with E-state index in [9.17, 15) is 0 Å². The predicted octanol–water partition coefficient (Wildman–Crippen LogP) is 1.67. The Morgan fingerprint density at radius 3 is 1.93 bits per heavy atom. The molecule has 0 unspecified atom stereocenters. The van der Waals surface area contributed by atoms with Crippen LogP contribution in [-0.4, -0.2) is 48.1 Å². The van der Waals surface area contributed by atoms with Crippen LogP contribution < -0.4 is 0 Å². The summed E-state index contributed by atoms with van der Waals surface area (Å²) >= 11 is 0. The van der Waals surface area contributed by atoms with E-state index in [1.165, 1.54) is 26.2 Å². The van der Waals surface area contributed by atoms with Gasteiger partial charge in [-0.05, 0) is 25.7 Å². The fourth-order valence-corrected chi connectivity index (χ4v) is 2.41. The Hall–Kier alpha value is -0.0800. The number of rotatable bonds is 3. The van der Waals surface area contributed by atoms with Crippen molar-refractivity contribution in [2.24, 2.45) is 11.8 Å². The summed E-state index contributed by atoms with van der Waals surface area (Å²) in [6.45, 7) is 14.6. The normalized spacial score (nSPS) is 27.0. The molecule has 82 valence electrons. The van der Waals surface area contributed by atoms with E-state index in [0.29, 0.717) is 0 Å². The molecule has 0 aromatic rings. The van der Waals surface area contributed by atoms with Gasteiger partial charge >= 0.3 is 0 Å². The number of likely N-dealkylation sites (tertiary alicyclic amines) is 2. The van der Waals surface area contributed by atoms with E-state index in [2.05, 4.69) is 37.5 Å². The van der Waals surface area contributed by atoms with Crippen molar-refractivity contribution in [3.63, 3.8) is 0 Å². The summed E-state index contributed by atoms with van der Waals surface area (Å²) in [5.74, 6) is 1.86. The molecule has 0 atom stereocenters. The highest BCUT2D eigenvalue weighted by Gasteiger charge is 2.39. The standard InChI is InChI=1S/C12H24N2/c1-9(2)11-5-14(6-11)12-7-13(8-12)10(3)4/h9-12H,5-8H2,1-4H3. The molecule has 2 fully saturated rings. The van der Waals surface area contributed by atoms with Crippen molar-refractivity contribution in [1.82, 2.24) is 9.80 Å². The predicted molar refractivity (Wildman–Crippen MR) is 60.4 cm³/mol. The lowest BCUT2D eigenvalue weighted by atomic mass is 9.86. The average Bonchev–Trinajstić information content (AvgIpc) is 1.88. The minimum Gasteiger partial charge on any atom is -0.298 e. The zero-order chi connectivity index (χ0) is 10.3. The molecule has 0 bridgehead atoms. The van der Waals surface area contributed by atoms with Crippen LogP contribution in [0, 0.1) is 11.8 Å². The molecule has 0 radical (unpaired) electrons. The molecule has 0 N–H and O–H groups in total. The molecule has 0 spiro atoms. The van der Waals surface area contributed by atoms with Gasteiger partial charge in [0.2, 0.25) is 0 Å². The number of hydrogen-bond acceptors (Lipinski definition) is 2. The van der Waals surface area contributed by atoms with Crippen LogP contribution in [0.5, 0.6) is 0 Å². The highest BCUT2D eigenvalue weighted by molar-refractivity contribution is 4.95. The first-order chi connectivity index (χ1) is 6.58. The average molecular weight is 196 g/mol. The molecular weight excluding hydrogens is 172 g/mol. The summed E-state index contributed by atoms with van der Waals surface area (Å²) in [4.78, 5) is 5.23. The van der Waals surface area contributed by atoms with E-state index < -0.39 is 0 Å². The molecule has 2 saturated heterocycles. The Labute approximate surface area is 88.3 Å². The monoisotopic (exact) mass is 196 g/mol. The van der Waals surface area contributed by atoms with Gasteiger partial charge in [-0.2, -0.15) is 0 Å². The summed E-state index contributed by atoms with van der Waals surface area (Å²) in [5.41, 5.74) is 0. The van der Waals surface area contributed by atoms with Crippen LogP contribution in [0.4, 0.5) is 0 Å². The third-order valence-electron chi connectivity index (χ3n) is 4.02. The Kier molecular flexibility index (Phi) is 2.85. The molecule has 0 amide bonds. The minimum atomic E-state index is 0.744. The van der Waals surface area contributed by atoms with E-state index in [1.54, 1.807) is 0 Å². The first kappa shape index (κ1) is 10.4. The zero-order valence-corrected chi connectivity index (χ0v) is 10.0. The van der Waals surface area contributed by atoms with Crippen LogP contribution in [-0.2, 0) is 0 Å². The SMILES string of the molecule is CC(C)C1CN(C2CN(C(C)C)C2)C1. The van der Waals surface area contributed by atoms with Crippen LogP contribution in [0.15, 0.2) is 0 Å². The van der Waals surface area contributed by atoms with Crippen molar-refractivity contribution >= 4 is 0 Å². The van der Waals surface area contributed by atoms with E-state index in [1.807, 2.05) is 0 Å². The molecule has 0 saturated carbocycles. The molecule has 0 aromatic carbocycles. The molecule has 2 heterocycles. The summed E-state index contributed by atoms with van der Waals surface area (Å²) in [5, 5.41) is 0. The number of nitrogens with zero attached hydrogens (tertiary/aromatic N) is 2. The lowest BCUT2D eigenvalue weighted by Gasteiger charge is -2.54. The fourth-order valence-electron chi connectivity index (χ4n) is 2.41. The molecule has 2 rings (SSSR count). The van der Waals surface area contributed by atoms with Crippen LogP contribution in [0.25, 0.3) is 0 Å². The van der Waals surface area contributed by atoms with Crippen molar-refractivity contribution in [1.29, 1.82) is 0 Å². The van der Waals surface area contributed by atoms with Crippen LogP contribution >= 0.6 is 0 Å². The van der Waals surface area contributed by atoms with Crippen molar-refractivity contribution < 1.29 is 0 Å². The Bertz CT molecular complexity index is 166. The van der Waals surface area contributed by atoms with Crippen molar-refractivity contribution in [2.75, 3.05) is 26.2 Å². The van der Waals surface area contributed by atoms with Crippen LogP contribution in [0.3, 0.4) is 0 Å². The summed E-state index contributed by atoms with van der Waals surface area (Å²) < 4.78 is 0. The highest BCUT2D eigenvalue weighted by atomic mass is 15.3. The maximum atomic E-state index is 2.67. The third-order valence-corrected chi connectivity index (χ3v) is 4.02. The fraction of sp³-hybridized carbons (Fsp3) is 1.00. The lowest BCUT2D eigenvalue weighted by Crippen LogP contribution is -2.66. The van der Waals surface area contributed by atoms with Gasteiger partial charge in [-0.3, -0.25) is 9.80 Å². The van der Waals surface area contributed by atoms with Gasteiger partial charge in [0.05, 0.1) is 0 Å². The third kappa shape index (κ3) is 1.82. The Morgan fingerprint density at radius 2 is 1.50 bits per heavy atom. The van der Waals surface area contributed by atoms with Crippen LogP contribution in [0.2, 0.25) is 0 Å². The molecule has 2 nitrogen and oxygen atoms in total. The molecular formula is C12H24N2. The van der Waals surface area contributed by atoms with Gasteiger partial charge in [-0.1, -0.05) is 13.8 Å². The van der Waals surface area contributed by atoms with Gasteiger partial charge in [-0.25, -0.2) is 0 Å². The van der Waals surface area contributed by atoms with Gasteiger partial charge in [0.15, 0.2) is 0 Å². The van der Waals surface area contributed by atoms with Crippen molar-refractivity contribution in [2.45, 2.75) is 39.8 Å².